The second kappa shape index (κ2) is 4.80. The Morgan fingerprint density at radius 2 is 2.27 bits per heavy atom. The van der Waals surface area contributed by atoms with Crippen molar-refractivity contribution in [2.24, 2.45) is 0 Å². The monoisotopic (exact) mass is 198 g/mol. The van der Waals surface area contributed by atoms with Crippen LogP contribution in [-0.2, 0) is 14.1 Å². The van der Waals surface area contributed by atoms with Crippen molar-refractivity contribution in [2.45, 2.75) is 13.3 Å². The van der Waals surface area contributed by atoms with Crippen molar-refractivity contribution in [3.05, 3.63) is 0 Å². The molecule has 0 radical (unpaired) electrons. The molecule has 1 unspecified atom stereocenters. The van der Waals surface area contributed by atoms with Gasteiger partial charge in [-0.3, -0.25) is 9.36 Å². The summed E-state index contributed by atoms with van der Waals surface area (Å²) in [5.41, 5.74) is 0. The van der Waals surface area contributed by atoms with Gasteiger partial charge < -0.3 is 9.63 Å². The molecule has 0 aliphatic rings. The number of rotatable bonds is 4. The van der Waals surface area contributed by atoms with E-state index in [-0.39, 0.29) is 11.9 Å². The summed E-state index contributed by atoms with van der Waals surface area (Å²) in [5, 5.41) is 0. The second-order valence-electron chi connectivity index (χ2n) is 1.92. The third kappa shape index (κ3) is 7.91. The molecule has 0 fully saturated rings. The molecule has 0 aromatic rings. The molecule has 1 N–H and O–H groups in total. The van der Waals surface area contributed by atoms with E-state index in [2.05, 4.69) is 4.74 Å². The minimum atomic E-state index is -3.09. The Balaban J connectivity index is 3.43. The summed E-state index contributed by atoms with van der Waals surface area (Å²) in [4.78, 5) is 19.2. The van der Waals surface area contributed by atoms with Gasteiger partial charge in [-0.1, -0.05) is 6.92 Å². The quantitative estimate of drug-likeness (QED) is 0.420. The topological polar surface area (TPSA) is 63.6 Å². The number of carbonyl (C=O) groups excluding carboxylic acids is 1. The van der Waals surface area contributed by atoms with Crippen molar-refractivity contribution < 1.29 is 19.0 Å². The van der Waals surface area contributed by atoms with E-state index in [1.54, 1.807) is 6.92 Å². The fourth-order valence-electron chi connectivity index (χ4n) is 0.292. The number of ether oxygens (including phenoxy) is 1. The summed E-state index contributed by atoms with van der Waals surface area (Å²) in [6, 6.07) is 0. The van der Waals surface area contributed by atoms with Crippen molar-refractivity contribution in [3.63, 3.8) is 0 Å². The number of hydrogen-bond acceptors (Lipinski definition) is 4. The average molecular weight is 198 g/mol. The van der Waals surface area contributed by atoms with Crippen LogP contribution in [0.5, 0.6) is 0 Å². The molecule has 11 heavy (non-hydrogen) atoms. The molecule has 0 bridgehead atoms. The van der Waals surface area contributed by atoms with Crippen LogP contribution >= 0.6 is 18.0 Å². The number of carbonyl (C=O) groups is 1. The van der Waals surface area contributed by atoms with Gasteiger partial charge in [-0.25, -0.2) is 0 Å². The third-order valence-corrected chi connectivity index (χ3v) is 3.26. The van der Waals surface area contributed by atoms with Crippen molar-refractivity contribution in [2.75, 3.05) is 12.6 Å². The van der Waals surface area contributed by atoms with Gasteiger partial charge in [0.2, 0.25) is 0 Å². The standard InChI is InChI=1S/C5H11O4PS/c1-3-5(6)9-4-11-10(2,7)8/h3-4H2,1-2H3,(H,7,8). The molecule has 0 heterocycles. The Labute approximate surface area is 69.5 Å². The van der Waals surface area contributed by atoms with Gasteiger partial charge in [-0.05, 0) is 11.4 Å². The molecular formula is C5H11O4PS. The van der Waals surface area contributed by atoms with Crippen LogP contribution in [0.4, 0.5) is 0 Å². The first kappa shape index (κ1) is 11.0. The Kier molecular flexibility index (Phi) is 4.81. The molecule has 66 valence electrons. The van der Waals surface area contributed by atoms with Crippen LogP contribution < -0.4 is 0 Å². The van der Waals surface area contributed by atoms with E-state index < -0.39 is 6.57 Å². The highest BCUT2D eigenvalue weighted by Crippen LogP contribution is 2.50. The molecule has 0 aromatic carbocycles. The zero-order valence-corrected chi connectivity index (χ0v) is 8.15. The summed E-state index contributed by atoms with van der Waals surface area (Å²) >= 11 is 0.745. The lowest BCUT2D eigenvalue weighted by atomic mass is 10.5. The summed E-state index contributed by atoms with van der Waals surface area (Å²) in [7, 11) is 0. The Morgan fingerprint density at radius 3 is 2.64 bits per heavy atom. The number of esters is 1. The van der Waals surface area contributed by atoms with Gasteiger partial charge in [0.15, 0.2) is 0 Å². The van der Waals surface area contributed by atoms with Crippen LogP contribution in [0.3, 0.4) is 0 Å². The lowest BCUT2D eigenvalue weighted by Crippen LogP contribution is -2.00. The van der Waals surface area contributed by atoms with Crippen LogP contribution in [0.25, 0.3) is 0 Å². The highest BCUT2D eigenvalue weighted by Gasteiger charge is 2.10. The zero-order valence-electron chi connectivity index (χ0n) is 6.44. The van der Waals surface area contributed by atoms with Crippen LogP contribution in [0.1, 0.15) is 13.3 Å². The average Bonchev–Trinajstić information content (AvgIpc) is 1.85. The minimum Gasteiger partial charge on any atom is -0.454 e. The fraction of sp³-hybridized carbons (Fsp3) is 0.800. The van der Waals surface area contributed by atoms with Gasteiger partial charge in [-0.2, -0.15) is 0 Å². The normalized spacial score (nSPS) is 15.5. The molecule has 0 saturated heterocycles. The lowest BCUT2D eigenvalue weighted by molar-refractivity contribution is -0.140. The first-order chi connectivity index (χ1) is 4.95. The fourth-order valence-corrected chi connectivity index (χ4v) is 1.42. The van der Waals surface area contributed by atoms with Gasteiger partial charge in [0.1, 0.15) is 5.94 Å². The number of hydrogen-bond donors (Lipinski definition) is 1. The maximum atomic E-state index is 10.6. The molecule has 0 amide bonds. The molecule has 0 rings (SSSR count). The molecule has 1 atom stereocenters. The van der Waals surface area contributed by atoms with Crippen molar-refractivity contribution in [3.8, 4) is 0 Å². The largest absolute Gasteiger partial charge is 0.454 e. The molecule has 0 aliphatic carbocycles. The summed E-state index contributed by atoms with van der Waals surface area (Å²) in [6.45, 7) is -0.223. The van der Waals surface area contributed by atoms with E-state index in [0.717, 1.165) is 11.4 Å². The van der Waals surface area contributed by atoms with Gasteiger partial charge >= 0.3 is 5.97 Å². The van der Waals surface area contributed by atoms with Gasteiger partial charge in [0.25, 0.3) is 6.57 Å². The summed E-state index contributed by atoms with van der Waals surface area (Å²) in [5.74, 6) is -0.400. The maximum Gasteiger partial charge on any atom is 0.306 e. The second-order valence-corrected chi connectivity index (χ2v) is 6.83. The van der Waals surface area contributed by atoms with Crippen molar-refractivity contribution in [1.82, 2.24) is 0 Å². The summed E-state index contributed by atoms with van der Waals surface area (Å²) in [6.07, 6.45) is 0.292. The smallest absolute Gasteiger partial charge is 0.306 e. The minimum absolute atomic E-state index is 0.0447. The maximum absolute atomic E-state index is 10.6. The lowest BCUT2D eigenvalue weighted by Gasteiger charge is -2.04. The van der Waals surface area contributed by atoms with Gasteiger partial charge in [0.05, 0.1) is 0 Å². The van der Waals surface area contributed by atoms with Crippen LogP contribution in [-0.4, -0.2) is 23.5 Å². The van der Waals surface area contributed by atoms with E-state index in [1.807, 2.05) is 0 Å². The van der Waals surface area contributed by atoms with Crippen molar-refractivity contribution in [1.29, 1.82) is 0 Å². The van der Waals surface area contributed by atoms with Gasteiger partial charge in [0, 0.05) is 13.1 Å². The Hall–Kier alpha value is 0.01000. The van der Waals surface area contributed by atoms with E-state index in [4.69, 9.17) is 4.89 Å². The molecular weight excluding hydrogens is 187 g/mol. The highest BCUT2D eigenvalue weighted by molar-refractivity contribution is 8.56. The third-order valence-electron chi connectivity index (χ3n) is 0.801. The molecule has 6 heteroatoms. The van der Waals surface area contributed by atoms with E-state index in [0.29, 0.717) is 6.42 Å². The zero-order chi connectivity index (χ0) is 8.91. The van der Waals surface area contributed by atoms with Crippen LogP contribution in [0, 0.1) is 0 Å². The predicted molar refractivity (Wildman–Crippen MR) is 44.6 cm³/mol. The molecule has 0 saturated carbocycles. The molecule has 0 aromatic heterocycles. The first-order valence-corrected chi connectivity index (χ1v) is 6.76. The Bertz CT molecular complexity index is 175. The van der Waals surface area contributed by atoms with E-state index >= 15 is 0 Å². The SMILES string of the molecule is CCC(=O)OCSP(C)(=O)O. The first-order valence-electron chi connectivity index (χ1n) is 3.06. The molecule has 4 nitrogen and oxygen atoms in total. The highest BCUT2D eigenvalue weighted by atomic mass is 32.7. The van der Waals surface area contributed by atoms with E-state index in [9.17, 15) is 9.36 Å². The van der Waals surface area contributed by atoms with E-state index in [1.165, 1.54) is 6.66 Å². The van der Waals surface area contributed by atoms with Gasteiger partial charge in [-0.15, -0.1) is 0 Å². The Morgan fingerprint density at radius 1 is 1.73 bits per heavy atom. The van der Waals surface area contributed by atoms with Crippen LogP contribution in [0.15, 0.2) is 0 Å². The van der Waals surface area contributed by atoms with Crippen molar-refractivity contribution >= 4 is 23.9 Å². The molecule has 0 aliphatic heterocycles. The predicted octanol–water partition coefficient (Wildman–Crippen LogP) is 1.45. The molecule has 0 spiro atoms. The van der Waals surface area contributed by atoms with Crippen LogP contribution in [0.2, 0.25) is 0 Å². The summed E-state index contributed by atoms with van der Waals surface area (Å²) < 4.78 is 15.2.